The number of aliphatic hydroxyl groups excluding tert-OH is 1. The summed E-state index contributed by atoms with van der Waals surface area (Å²) in [6.45, 7) is 2.56. The highest BCUT2D eigenvalue weighted by Gasteiger charge is 2.28. The molecule has 0 saturated carbocycles. The standard InChI is InChI=1S/C40H72NO11P/c1-3-5-7-9-11-12-13-14-15-16-18-22-26-30-38(43)49-32-36(33-50-53(47,48)51-34-37(41)40(45)46)52-39(44)31-27-23-19-21-25-29-35(42)28-24-20-17-10-8-6-4-2/h6,8,17,20,24,28,35-37,42H,3-5,7,9-16,18-19,21-23,25-27,29-34,41H2,1-2H3,(H,45,46)(H,47,48)/b8-6+,20-17+,28-24+/t35?,36-,37+/m1/s1. The Morgan fingerprint density at radius 3 is 1.77 bits per heavy atom. The van der Waals surface area contributed by atoms with Crippen LogP contribution in [0.5, 0.6) is 0 Å². The highest BCUT2D eigenvalue weighted by atomic mass is 31.2. The number of carbonyl (C=O) groups is 3. The van der Waals surface area contributed by atoms with E-state index < -0.39 is 57.2 Å². The van der Waals surface area contributed by atoms with Crippen LogP contribution in [0.1, 0.15) is 162 Å². The first-order chi connectivity index (χ1) is 25.5. The van der Waals surface area contributed by atoms with Crippen LogP contribution >= 0.6 is 7.82 Å². The van der Waals surface area contributed by atoms with Crippen molar-refractivity contribution in [2.45, 2.75) is 180 Å². The Balaban J connectivity index is 4.50. The SMILES string of the molecule is CC/C=C/C/C=C/C=C/C(O)CCCCCCCC(=O)O[C@H](COC(=O)CCCCCCCCCCCCCCC)COP(=O)(O)OC[C@H](N)C(=O)O. The Kier molecular flexibility index (Phi) is 33.8. The summed E-state index contributed by atoms with van der Waals surface area (Å²) in [6.07, 6.45) is 32.3. The topological polar surface area (TPSA) is 192 Å². The summed E-state index contributed by atoms with van der Waals surface area (Å²) in [5.74, 6) is -2.47. The highest BCUT2D eigenvalue weighted by Crippen LogP contribution is 2.43. The van der Waals surface area contributed by atoms with Gasteiger partial charge in [0.2, 0.25) is 0 Å². The zero-order chi connectivity index (χ0) is 39.4. The Morgan fingerprint density at radius 2 is 1.21 bits per heavy atom. The smallest absolute Gasteiger partial charge is 0.472 e. The molecule has 2 unspecified atom stereocenters. The van der Waals surface area contributed by atoms with Gasteiger partial charge in [-0.05, 0) is 32.1 Å². The summed E-state index contributed by atoms with van der Waals surface area (Å²) in [7, 11) is -4.74. The van der Waals surface area contributed by atoms with Crippen molar-refractivity contribution in [3.05, 3.63) is 36.5 Å². The first-order valence-electron chi connectivity index (χ1n) is 20.1. The lowest BCUT2D eigenvalue weighted by atomic mass is 10.0. The fourth-order valence-electron chi connectivity index (χ4n) is 5.31. The number of carbonyl (C=O) groups excluding carboxylic acids is 2. The van der Waals surface area contributed by atoms with Crippen LogP contribution in [0.3, 0.4) is 0 Å². The minimum absolute atomic E-state index is 0.0926. The molecule has 0 rings (SSSR count). The Hall–Kier alpha value is -2.34. The molecule has 12 nitrogen and oxygen atoms in total. The molecule has 0 bridgehead atoms. The van der Waals surface area contributed by atoms with Gasteiger partial charge in [0.1, 0.15) is 12.6 Å². The normalized spacial score (nSPS) is 14.8. The van der Waals surface area contributed by atoms with Gasteiger partial charge in [-0.25, -0.2) is 4.57 Å². The van der Waals surface area contributed by atoms with Gasteiger partial charge >= 0.3 is 25.7 Å². The second-order valence-electron chi connectivity index (χ2n) is 13.6. The van der Waals surface area contributed by atoms with Crippen molar-refractivity contribution in [3.63, 3.8) is 0 Å². The summed E-state index contributed by atoms with van der Waals surface area (Å²) in [5, 5.41) is 19.0. The third-order valence-corrected chi connectivity index (χ3v) is 9.46. The van der Waals surface area contributed by atoms with Crippen molar-refractivity contribution in [3.8, 4) is 0 Å². The van der Waals surface area contributed by atoms with Gasteiger partial charge in [0, 0.05) is 12.8 Å². The molecule has 0 spiro atoms. The Morgan fingerprint density at radius 1 is 0.679 bits per heavy atom. The molecule has 0 radical (unpaired) electrons. The van der Waals surface area contributed by atoms with Crippen molar-refractivity contribution >= 4 is 25.7 Å². The average molecular weight is 774 g/mol. The van der Waals surface area contributed by atoms with Gasteiger partial charge in [0.05, 0.1) is 19.3 Å². The summed E-state index contributed by atoms with van der Waals surface area (Å²) >= 11 is 0. The predicted molar refractivity (Wildman–Crippen MR) is 209 cm³/mol. The lowest BCUT2D eigenvalue weighted by molar-refractivity contribution is -0.161. The number of aliphatic hydroxyl groups is 1. The zero-order valence-corrected chi connectivity index (χ0v) is 33.6. The summed E-state index contributed by atoms with van der Waals surface area (Å²) in [4.78, 5) is 45.8. The number of aliphatic carboxylic acids is 1. The van der Waals surface area contributed by atoms with Gasteiger partial charge < -0.3 is 30.3 Å². The third kappa shape index (κ3) is 35.1. The molecule has 53 heavy (non-hydrogen) atoms. The van der Waals surface area contributed by atoms with Crippen molar-refractivity contribution < 1.29 is 52.6 Å². The second kappa shape index (κ2) is 35.4. The molecule has 4 atom stereocenters. The van der Waals surface area contributed by atoms with E-state index in [4.69, 9.17) is 24.8 Å². The number of nitrogens with two attached hydrogens (primary N) is 1. The van der Waals surface area contributed by atoms with Crippen molar-refractivity contribution in [2.24, 2.45) is 5.73 Å². The maximum Gasteiger partial charge on any atom is 0.472 e. The van der Waals surface area contributed by atoms with Gasteiger partial charge in [-0.2, -0.15) is 0 Å². The summed E-state index contributed by atoms with van der Waals surface area (Å²) in [5.41, 5.74) is 5.31. The first-order valence-corrected chi connectivity index (χ1v) is 21.6. The molecule has 0 saturated heterocycles. The number of ether oxygens (including phenoxy) is 2. The zero-order valence-electron chi connectivity index (χ0n) is 32.7. The number of unbranched alkanes of at least 4 members (excludes halogenated alkanes) is 16. The molecule has 0 amide bonds. The monoisotopic (exact) mass is 773 g/mol. The summed E-state index contributed by atoms with van der Waals surface area (Å²) in [6, 6.07) is -1.54. The molecule has 0 aromatic carbocycles. The number of carboxylic acid groups (broad SMARTS) is 1. The van der Waals surface area contributed by atoms with Gasteiger partial charge in [-0.15, -0.1) is 0 Å². The van der Waals surface area contributed by atoms with Crippen LogP contribution in [0.25, 0.3) is 0 Å². The van der Waals surface area contributed by atoms with Crippen LogP contribution in [0.4, 0.5) is 0 Å². The number of phosphoric ester groups is 1. The fourth-order valence-corrected chi connectivity index (χ4v) is 6.09. The quantitative estimate of drug-likeness (QED) is 0.0154. The molecule has 0 aliphatic carbocycles. The van der Waals surface area contributed by atoms with Crippen molar-refractivity contribution in [1.82, 2.24) is 0 Å². The molecule has 5 N–H and O–H groups in total. The predicted octanol–water partition coefficient (Wildman–Crippen LogP) is 9.03. The minimum atomic E-state index is -4.74. The number of hydrogen-bond donors (Lipinski definition) is 4. The van der Waals surface area contributed by atoms with Gasteiger partial charge in [-0.1, -0.05) is 153 Å². The molecule has 0 aromatic heterocycles. The van der Waals surface area contributed by atoms with Crippen LogP contribution in [-0.2, 0) is 37.5 Å². The van der Waals surface area contributed by atoms with Crippen LogP contribution in [0.15, 0.2) is 36.5 Å². The van der Waals surface area contributed by atoms with Crippen LogP contribution in [-0.4, -0.2) is 71.1 Å². The fraction of sp³-hybridized carbons (Fsp3) is 0.775. The van der Waals surface area contributed by atoms with E-state index in [9.17, 15) is 28.9 Å². The molecule has 0 aliphatic heterocycles. The van der Waals surface area contributed by atoms with E-state index in [0.29, 0.717) is 19.3 Å². The molecule has 308 valence electrons. The second-order valence-corrected chi connectivity index (χ2v) is 15.0. The van der Waals surface area contributed by atoms with E-state index in [1.54, 1.807) is 6.08 Å². The largest absolute Gasteiger partial charge is 0.480 e. The van der Waals surface area contributed by atoms with Gasteiger partial charge in [-0.3, -0.25) is 23.4 Å². The minimum Gasteiger partial charge on any atom is -0.480 e. The van der Waals surface area contributed by atoms with E-state index in [1.165, 1.54) is 57.8 Å². The molecule has 13 heteroatoms. The van der Waals surface area contributed by atoms with E-state index in [2.05, 4.69) is 30.5 Å². The number of allylic oxidation sites excluding steroid dienone is 5. The third-order valence-electron chi connectivity index (χ3n) is 8.51. The van der Waals surface area contributed by atoms with E-state index >= 15 is 0 Å². The van der Waals surface area contributed by atoms with E-state index in [-0.39, 0.29) is 19.4 Å². The first kappa shape index (κ1) is 50.7. The lowest BCUT2D eigenvalue weighted by Crippen LogP contribution is -2.34. The van der Waals surface area contributed by atoms with Gasteiger partial charge in [0.25, 0.3) is 0 Å². The maximum absolute atomic E-state index is 12.6. The van der Waals surface area contributed by atoms with Crippen molar-refractivity contribution in [1.29, 1.82) is 0 Å². The van der Waals surface area contributed by atoms with Gasteiger partial charge in [0.15, 0.2) is 6.10 Å². The number of hydrogen-bond acceptors (Lipinski definition) is 10. The van der Waals surface area contributed by atoms with Crippen LogP contribution in [0, 0.1) is 0 Å². The highest BCUT2D eigenvalue weighted by molar-refractivity contribution is 7.47. The molecule has 0 aromatic rings. The molecule has 0 heterocycles. The van der Waals surface area contributed by atoms with E-state index in [1.807, 2.05) is 18.2 Å². The maximum atomic E-state index is 12.6. The summed E-state index contributed by atoms with van der Waals surface area (Å²) < 4.78 is 32.5. The average Bonchev–Trinajstić information content (AvgIpc) is 3.12. The Bertz CT molecular complexity index is 1070. The number of carboxylic acids is 1. The van der Waals surface area contributed by atoms with E-state index in [0.717, 1.165) is 57.8 Å². The number of phosphoric acid groups is 1. The molecular formula is C40H72NO11P. The molecular weight excluding hydrogens is 701 g/mol. The van der Waals surface area contributed by atoms with Crippen LogP contribution in [0.2, 0.25) is 0 Å². The Labute approximate surface area is 319 Å². The molecule has 0 fully saturated rings. The lowest BCUT2D eigenvalue weighted by Gasteiger charge is -2.20. The number of rotatable bonds is 37. The molecule has 0 aliphatic rings. The van der Waals surface area contributed by atoms with Crippen LogP contribution < -0.4 is 5.73 Å². The number of esters is 2. The van der Waals surface area contributed by atoms with Crippen molar-refractivity contribution in [2.75, 3.05) is 19.8 Å².